The lowest BCUT2D eigenvalue weighted by Crippen LogP contribution is -2.28. The van der Waals surface area contributed by atoms with Crippen LogP contribution in [0.1, 0.15) is 37.7 Å². The van der Waals surface area contributed by atoms with Gasteiger partial charge in [-0.25, -0.2) is 0 Å². The van der Waals surface area contributed by atoms with Crippen LogP contribution in [0.3, 0.4) is 0 Å². The molecule has 0 N–H and O–H groups in total. The summed E-state index contributed by atoms with van der Waals surface area (Å²) < 4.78 is 6.46. The Bertz CT molecular complexity index is 767. The van der Waals surface area contributed by atoms with Crippen molar-refractivity contribution in [1.82, 2.24) is 15.0 Å². The van der Waals surface area contributed by atoms with Crippen LogP contribution in [0.5, 0.6) is 0 Å². The van der Waals surface area contributed by atoms with Gasteiger partial charge in [-0.2, -0.15) is 5.26 Å². The van der Waals surface area contributed by atoms with Crippen molar-refractivity contribution < 1.29 is 9.53 Å². The highest BCUT2D eigenvalue weighted by Crippen LogP contribution is 2.37. The molecule has 1 fully saturated rings. The summed E-state index contributed by atoms with van der Waals surface area (Å²) in [6, 6.07) is 10.1. The van der Waals surface area contributed by atoms with Gasteiger partial charge >= 0.3 is 5.97 Å². The van der Waals surface area contributed by atoms with Crippen LogP contribution >= 0.6 is 0 Å². The number of hydrogen-bond acceptors (Lipinski definition) is 5. The van der Waals surface area contributed by atoms with Crippen LogP contribution in [-0.2, 0) is 22.5 Å². The van der Waals surface area contributed by atoms with E-state index in [1.54, 1.807) is 4.68 Å². The van der Waals surface area contributed by atoms with Crippen molar-refractivity contribution in [2.45, 2.75) is 45.1 Å². The molecule has 130 valence electrons. The topological polar surface area (TPSA) is 80.8 Å². The van der Waals surface area contributed by atoms with Gasteiger partial charge in [0, 0.05) is 5.56 Å². The molecule has 0 saturated heterocycles. The van der Waals surface area contributed by atoms with E-state index in [9.17, 15) is 10.1 Å². The van der Waals surface area contributed by atoms with Crippen molar-refractivity contribution in [3.63, 3.8) is 0 Å². The lowest BCUT2D eigenvalue weighted by molar-refractivity contribution is -0.139. The molecule has 25 heavy (non-hydrogen) atoms. The predicted octanol–water partition coefficient (Wildman–Crippen LogP) is 3.13. The molecule has 2 aromatic rings. The fourth-order valence-electron chi connectivity index (χ4n) is 3.38. The molecule has 6 heteroatoms. The van der Waals surface area contributed by atoms with Crippen LogP contribution in [0.2, 0.25) is 0 Å². The van der Waals surface area contributed by atoms with Crippen molar-refractivity contribution in [2.75, 3.05) is 7.11 Å². The van der Waals surface area contributed by atoms with E-state index in [1.165, 1.54) is 13.5 Å². The van der Waals surface area contributed by atoms with Crippen LogP contribution < -0.4 is 0 Å². The van der Waals surface area contributed by atoms with Gasteiger partial charge in [-0.15, -0.1) is 5.10 Å². The van der Waals surface area contributed by atoms with Crippen LogP contribution in [0.25, 0.3) is 11.3 Å². The van der Waals surface area contributed by atoms with E-state index in [4.69, 9.17) is 0 Å². The van der Waals surface area contributed by atoms with E-state index in [1.807, 2.05) is 30.5 Å². The Hall–Kier alpha value is -2.68. The summed E-state index contributed by atoms with van der Waals surface area (Å²) in [6.07, 6.45) is 7.44. The van der Waals surface area contributed by atoms with Crippen molar-refractivity contribution >= 4 is 5.97 Å². The minimum Gasteiger partial charge on any atom is -0.469 e. The van der Waals surface area contributed by atoms with E-state index in [-0.39, 0.29) is 17.8 Å². The second kappa shape index (κ2) is 7.47. The van der Waals surface area contributed by atoms with E-state index in [0.29, 0.717) is 6.54 Å². The minimum atomic E-state index is -0.312. The Balaban J connectivity index is 1.71. The number of hydrogen-bond donors (Lipinski definition) is 0. The van der Waals surface area contributed by atoms with Crippen LogP contribution in [0.15, 0.2) is 30.5 Å². The number of carbonyl (C=O) groups excluding carboxylic acids is 1. The van der Waals surface area contributed by atoms with Crippen LogP contribution in [-0.4, -0.2) is 28.1 Å². The minimum absolute atomic E-state index is 0.257. The summed E-state index contributed by atoms with van der Waals surface area (Å²) in [4.78, 5) is 11.3. The molecule has 1 saturated carbocycles. The van der Waals surface area contributed by atoms with Gasteiger partial charge in [0.1, 0.15) is 5.69 Å². The van der Waals surface area contributed by atoms with Crippen molar-refractivity contribution in [3.8, 4) is 17.3 Å². The first-order valence-corrected chi connectivity index (χ1v) is 8.62. The van der Waals surface area contributed by atoms with Crippen molar-refractivity contribution in [2.24, 2.45) is 5.41 Å². The molecule has 0 aliphatic heterocycles. The Morgan fingerprint density at radius 1 is 1.28 bits per heavy atom. The van der Waals surface area contributed by atoms with Crippen LogP contribution in [0, 0.1) is 16.7 Å². The molecule has 0 atom stereocenters. The molecule has 1 aromatic carbocycles. The molecule has 1 aliphatic rings. The molecular formula is C19H22N4O2. The van der Waals surface area contributed by atoms with E-state index < -0.39 is 0 Å². The number of benzene rings is 1. The standard InChI is InChI=1S/C19H22N4O2/c1-25-18(24)11-15-5-7-16(8-6-15)17-12-23(22-21-17)14-19(13-20)9-3-2-4-10-19/h5-8,12H,2-4,9-11,14H2,1H3. The quantitative estimate of drug-likeness (QED) is 0.782. The summed E-state index contributed by atoms with van der Waals surface area (Å²) in [5.41, 5.74) is 2.30. The largest absolute Gasteiger partial charge is 0.469 e. The first-order valence-electron chi connectivity index (χ1n) is 8.62. The average molecular weight is 338 g/mol. The highest BCUT2D eigenvalue weighted by atomic mass is 16.5. The van der Waals surface area contributed by atoms with Gasteiger partial charge in [0.2, 0.25) is 0 Å². The number of rotatable bonds is 5. The number of nitriles is 1. The second-order valence-corrected chi connectivity index (χ2v) is 6.70. The van der Waals surface area contributed by atoms with Gasteiger partial charge in [-0.1, -0.05) is 48.7 Å². The average Bonchev–Trinajstić information content (AvgIpc) is 3.11. The highest BCUT2D eigenvalue weighted by Gasteiger charge is 2.33. The summed E-state index contributed by atoms with van der Waals surface area (Å²) in [6.45, 7) is 0.594. The first kappa shape index (κ1) is 17.2. The van der Waals surface area contributed by atoms with Crippen molar-refractivity contribution in [3.05, 3.63) is 36.0 Å². The molecule has 0 spiro atoms. The maximum atomic E-state index is 11.3. The molecule has 0 amide bonds. The Morgan fingerprint density at radius 2 is 2.00 bits per heavy atom. The smallest absolute Gasteiger partial charge is 0.309 e. The summed E-state index contributed by atoms with van der Waals surface area (Å²) in [7, 11) is 1.38. The number of ether oxygens (including phenoxy) is 1. The lowest BCUT2D eigenvalue weighted by atomic mass is 9.75. The first-order chi connectivity index (χ1) is 12.1. The molecule has 0 radical (unpaired) electrons. The molecule has 6 nitrogen and oxygen atoms in total. The summed E-state index contributed by atoms with van der Waals surface area (Å²) >= 11 is 0. The normalized spacial score (nSPS) is 16.2. The fraction of sp³-hybridized carbons (Fsp3) is 0.474. The third-order valence-corrected chi connectivity index (χ3v) is 4.88. The maximum absolute atomic E-state index is 11.3. The molecular weight excluding hydrogens is 316 g/mol. The van der Waals surface area contributed by atoms with Gasteiger partial charge in [0.15, 0.2) is 0 Å². The fourth-order valence-corrected chi connectivity index (χ4v) is 3.38. The third-order valence-electron chi connectivity index (χ3n) is 4.88. The maximum Gasteiger partial charge on any atom is 0.309 e. The van der Waals surface area contributed by atoms with Crippen molar-refractivity contribution in [1.29, 1.82) is 5.26 Å². The molecule has 1 aliphatic carbocycles. The molecule has 1 aromatic heterocycles. The SMILES string of the molecule is COC(=O)Cc1ccc(-c2cn(CC3(C#N)CCCCC3)nn2)cc1. The molecule has 1 heterocycles. The van der Waals surface area contributed by atoms with E-state index in [2.05, 4.69) is 21.1 Å². The van der Waals surface area contributed by atoms with Crippen LogP contribution in [0.4, 0.5) is 0 Å². The molecule has 0 unspecified atom stereocenters. The number of aromatic nitrogens is 3. The Labute approximate surface area is 147 Å². The number of methoxy groups -OCH3 is 1. The zero-order valence-electron chi connectivity index (χ0n) is 14.4. The van der Waals surface area contributed by atoms with Gasteiger partial charge in [0.25, 0.3) is 0 Å². The van der Waals surface area contributed by atoms with Gasteiger partial charge in [-0.3, -0.25) is 9.48 Å². The Kier molecular flexibility index (Phi) is 5.13. The number of esters is 1. The number of nitrogens with zero attached hydrogens (tertiary/aromatic N) is 4. The monoisotopic (exact) mass is 338 g/mol. The zero-order valence-corrected chi connectivity index (χ0v) is 14.4. The molecule has 0 bridgehead atoms. The number of carbonyl (C=O) groups is 1. The van der Waals surface area contributed by atoms with E-state index >= 15 is 0 Å². The predicted molar refractivity (Wildman–Crippen MR) is 92.3 cm³/mol. The van der Waals surface area contributed by atoms with E-state index in [0.717, 1.165) is 42.5 Å². The molecule has 3 rings (SSSR count). The van der Waals surface area contributed by atoms with Gasteiger partial charge in [-0.05, 0) is 18.4 Å². The summed E-state index contributed by atoms with van der Waals surface area (Å²) in [5.74, 6) is -0.257. The second-order valence-electron chi connectivity index (χ2n) is 6.70. The highest BCUT2D eigenvalue weighted by molar-refractivity contribution is 5.72. The third kappa shape index (κ3) is 4.05. The Morgan fingerprint density at radius 3 is 2.64 bits per heavy atom. The summed E-state index contributed by atoms with van der Waals surface area (Å²) in [5, 5.41) is 18.0. The zero-order chi connectivity index (χ0) is 17.7. The lowest BCUT2D eigenvalue weighted by Gasteiger charge is -2.30. The van der Waals surface area contributed by atoms with Gasteiger partial charge in [0.05, 0.1) is 37.8 Å². The van der Waals surface area contributed by atoms with Gasteiger partial charge < -0.3 is 4.74 Å².